The van der Waals surface area contributed by atoms with Crippen molar-refractivity contribution in [3.05, 3.63) is 12.0 Å². The van der Waals surface area contributed by atoms with Gasteiger partial charge in [-0.2, -0.15) is 5.10 Å². The molecule has 2 aromatic heterocycles. The molecule has 21 heavy (non-hydrogen) atoms. The summed E-state index contributed by atoms with van der Waals surface area (Å²) in [6, 6.07) is 0. The topological polar surface area (TPSA) is 116 Å². The second-order valence-electron chi connectivity index (χ2n) is 5.92. The maximum atomic E-state index is 11.5. The Balaban J connectivity index is 1.83. The molecule has 112 valence electrons. The van der Waals surface area contributed by atoms with Gasteiger partial charge in [0.15, 0.2) is 5.65 Å². The smallest absolute Gasteiger partial charge is 0.224 e. The minimum Gasteiger partial charge on any atom is -0.383 e. The minimum absolute atomic E-state index is 0.257. The van der Waals surface area contributed by atoms with E-state index in [4.69, 9.17) is 11.5 Å². The molecular weight excluding hydrogens is 270 g/mol. The second-order valence-corrected chi connectivity index (χ2v) is 5.92. The monoisotopic (exact) mass is 289 g/mol. The second kappa shape index (κ2) is 4.66. The summed E-state index contributed by atoms with van der Waals surface area (Å²) in [7, 11) is 1.82. The Morgan fingerprint density at radius 2 is 2.24 bits per heavy atom. The van der Waals surface area contributed by atoms with E-state index in [0.717, 1.165) is 18.4 Å². The van der Waals surface area contributed by atoms with Crippen molar-refractivity contribution in [2.24, 2.45) is 18.2 Å². The SMILES string of the molecule is Cn1ncc2c(N)nc(CN3CCC(C)(C(N)=O)C3)nc21. The van der Waals surface area contributed by atoms with E-state index in [0.29, 0.717) is 30.4 Å². The van der Waals surface area contributed by atoms with Crippen LogP contribution >= 0.6 is 0 Å². The first-order valence-corrected chi connectivity index (χ1v) is 6.85. The summed E-state index contributed by atoms with van der Waals surface area (Å²) < 4.78 is 1.67. The van der Waals surface area contributed by atoms with E-state index in [-0.39, 0.29) is 5.91 Å². The van der Waals surface area contributed by atoms with Crippen LogP contribution in [-0.4, -0.2) is 43.6 Å². The van der Waals surface area contributed by atoms with E-state index in [1.807, 2.05) is 14.0 Å². The predicted octanol–water partition coefficient (Wildman–Crippen LogP) is -0.357. The van der Waals surface area contributed by atoms with Gasteiger partial charge in [0.2, 0.25) is 5.91 Å². The van der Waals surface area contributed by atoms with E-state index >= 15 is 0 Å². The molecule has 1 aliphatic rings. The molecule has 0 bridgehead atoms. The van der Waals surface area contributed by atoms with Crippen LogP contribution in [0.3, 0.4) is 0 Å². The summed E-state index contributed by atoms with van der Waals surface area (Å²) in [4.78, 5) is 22.4. The lowest BCUT2D eigenvalue weighted by molar-refractivity contribution is -0.126. The maximum absolute atomic E-state index is 11.5. The predicted molar refractivity (Wildman–Crippen MR) is 77.9 cm³/mol. The number of likely N-dealkylation sites (tertiary alicyclic amines) is 1. The fourth-order valence-electron chi connectivity index (χ4n) is 2.75. The Morgan fingerprint density at radius 1 is 1.48 bits per heavy atom. The van der Waals surface area contributed by atoms with Crippen LogP contribution in [0.2, 0.25) is 0 Å². The zero-order valence-corrected chi connectivity index (χ0v) is 12.2. The van der Waals surface area contributed by atoms with E-state index in [9.17, 15) is 4.79 Å². The van der Waals surface area contributed by atoms with E-state index < -0.39 is 5.41 Å². The van der Waals surface area contributed by atoms with Gasteiger partial charge in [0.1, 0.15) is 11.6 Å². The van der Waals surface area contributed by atoms with Gasteiger partial charge >= 0.3 is 0 Å². The number of rotatable bonds is 3. The molecule has 4 N–H and O–H groups in total. The van der Waals surface area contributed by atoms with Crippen LogP contribution in [0.1, 0.15) is 19.2 Å². The Hall–Kier alpha value is -2.22. The average Bonchev–Trinajstić information content (AvgIpc) is 2.96. The zero-order valence-electron chi connectivity index (χ0n) is 12.2. The average molecular weight is 289 g/mol. The lowest BCUT2D eigenvalue weighted by atomic mass is 9.89. The fourth-order valence-corrected chi connectivity index (χ4v) is 2.75. The first-order chi connectivity index (χ1) is 9.89. The number of fused-ring (bicyclic) bond motifs is 1. The Morgan fingerprint density at radius 3 is 2.90 bits per heavy atom. The van der Waals surface area contributed by atoms with Crippen molar-refractivity contribution in [1.82, 2.24) is 24.6 Å². The van der Waals surface area contributed by atoms with Gasteiger partial charge in [-0.15, -0.1) is 0 Å². The van der Waals surface area contributed by atoms with Gasteiger partial charge in [-0.3, -0.25) is 14.4 Å². The first kappa shape index (κ1) is 13.7. The van der Waals surface area contributed by atoms with Crippen molar-refractivity contribution < 1.29 is 4.79 Å². The van der Waals surface area contributed by atoms with Gasteiger partial charge < -0.3 is 11.5 Å². The van der Waals surface area contributed by atoms with Crippen LogP contribution in [-0.2, 0) is 18.4 Å². The van der Waals surface area contributed by atoms with Crippen LogP contribution in [0.4, 0.5) is 5.82 Å². The van der Waals surface area contributed by atoms with Crippen LogP contribution in [0.15, 0.2) is 6.20 Å². The Labute approximate surface area is 122 Å². The minimum atomic E-state index is -0.470. The number of nitrogens with zero attached hydrogens (tertiary/aromatic N) is 5. The molecule has 0 radical (unpaired) electrons. The van der Waals surface area contributed by atoms with Crippen LogP contribution in [0.5, 0.6) is 0 Å². The number of anilines is 1. The molecule has 3 rings (SSSR count). The standard InChI is InChI=1S/C13H19N7O/c1-13(12(15)21)3-4-20(7-13)6-9-17-10(14)8-5-16-19(2)11(8)18-9/h5H,3-4,6-7H2,1-2H3,(H2,15,21)(H2,14,17,18). The largest absolute Gasteiger partial charge is 0.383 e. The summed E-state index contributed by atoms with van der Waals surface area (Å²) >= 11 is 0. The molecule has 0 saturated carbocycles. The number of primary amides is 1. The number of amides is 1. The highest BCUT2D eigenvalue weighted by Gasteiger charge is 2.38. The number of aryl methyl sites for hydroxylation is 1. The molecule has 0 aliphatic carbocycles. The molecule has 8 nitrogen and oxygen atoms in total. The number of hydrogen-bond donors (Lipinski definition) is 2. The lowest BCUT2D eigenvalue weighted by Crippen LogP contribution is -2.37. The van der Waals surface area contributed by atoms with Gasteiger partial charge in [-0.05, 0) is 19.9 Å². The third kappa shape index (κ3) is 2.31. The number of nitrogens with two attached hydrogens (primary N) is 2. The van der Waals surface area contributed by atoms with Gasteiger partial charge in [0, 0.05) is 13.6 Å². The highest BCUT2D eigenvalue weighted by Crippen LogP contribution is 2.30. The number of carbonyl (C=O) groups excluding carboxylic acids is 1. The summed E-state index contributed by atoms with van der Waals surface area (Å²) in [5, 5.41) is 4.89. The van der Waals surface area contributed by atoms with Crippen molar-refractivity contribution in [2.45, 2.75) is 19.9 Å². The number of hydrogen-bond acceptors (Lipinski definition) is 6. The molecule has 1 unspecified atom stereocenters. The zero-order chi connectivity index (χ0) is 15.2. The van der Waals surface area contributed by atoms with E-state index in [2.05, 4.69) is 20.0 Å². The Bertz CT molecular complexity index is 710. The quantitative estimate of drug-likeness (QED) is 0.797. The first-order valence-electron chi connectivity index (χ1n) is 6.85. The lowest BCUT2D eigenvalue weighted by Gasteiger charge is -2.20. The summed E-state index contributed by atoms with van der Waals surface area (Å²) in [5.41, 5.74) is 11.7. The molecular formula is C13H19N7O. The van der Waals surface area contributed by atoms with Crippen molar-refractivity contribution in [3.8, 4) is 0 Å². The normalized spacial score (nSPS) is 23.0. The third-order valence-electron chi connectivity index (χ3n) is 4.18. The van der Waals surface area contributed by atoms with Crippen molar-refractivity contribution in [3.63, 3.8) is 0 Å². The molecule has 1 aliphatic heterocycles. The molecule has 2 aromatic rings. The van der Waals surface area contributed by atoms with Gasteiger partial charge in [-0.1, -0.05) is 0 Å². The number of carbonyl (C=O) groups is 1. The van der Waals surface area contributed by atoms with Crippen molar-refractivity contribution in [1.29, 1.82) is 0 Å². The van der Waals surface area contributed by atoms with Crippen molar-refractivity contribution in [2.75, 3.05) is 18.8 Å². The summed E-state index contributed by atoms with van der Waals surface area (Å²) in [6.45, 7) is 3.87. The van der Waals surface area contributed by atoms with E-state index in [1.165, 1.54) is 0 Å². The van der Waals surface area contributed by atoms with Crippen molar-refractivity contribution >= 4 is 22.8 Å². The molecule has 1 saturated heterocycles. The Kier molecular flexibility index (Phi) is 3.05. The third-order valence-corrected chi connectivity index (χ3v) is 4.18. The number of nitrogen functional groups attached to an aromatic ring is 1. The molecule has 0 spiro atoms. The fraction of sp³-hybridized carbons (Fsp3) is 0.538. The number of aromatic nitrogens is 4. The highest BCUT2D eigenvalue weighted by atomic mass is 16.1. The van der Waals surface area contributed by atoms with E-state index in [1.54, 1.807) is 10.9 Å². The van der Waals surface area contributed by atoms with Crippen LogP contribution < -0.4 is 11.5 Å². The maximum Gasteiger partial charge on any atom is 0.224 e. The molecule has 3 heterocycles. The summed E-state index contributed by atoms with van der Waals surface area (Å²) in [6.07, 6.45) is 2.42. The van der Waals surface area contributed by atoms with Crippen LogP contribution in [0.25, 0.3) is 11.0 Å². The van der Waals surface area contributed by atoms with Crippen LogP contribution in [0, 0.1) is 5.41 Å². The van der Waals surface area contributed by atoms with Gasteiger partial charge in [0.05, 0.1) is 23.5 Å². The molecule has 1 amide bonds. The van der Waals surface area contributed by atoms with Gasteiger partial charge in [-0.25, -0.2) is 9.97 Å². The highest BCUT2D eigenvalue weighted by molar-refractivity contribution is 5.85. The molecule has 1 atom stereocenters. The van der Waals surface area contributed by atoms with Gasteiger partial charge in [0.25, 0.3) is 0 Å². The summed E-state index contributed by atoms with van der Waals surface area (Å²) in [5.74, 6) is 0.810. The molecule has 1 fully saturated rings. The molecule has 0 aromatic carbocycles. The molecule has 8 heteroatoms.